The Bertz CT molecular complexity index is 250. The molecule has 0 aliphatic carbocycles. The van der Waals surface area contributed by atoms with Gasteiger partial charge in [-0.2, -0.15) is 0 Å². The van der Waals surface area contributed by atoms with E-state index in [9.17, 15) is 0 Å². The summed E-state index contributed by atoms with van der Waals surface area (Å²) in [7, 11) is -0.595. The maximum absolute atomic E-state index is 5.97. The predicted molar refractivity (Wildman–Crippen MR) is 112 cm³/mol. The van der Waals surface area contributed by atoms with Crippen LogP contribution in [0.4, 0.5) is 0 Å². The summed E-state index contributed by atoms with van der Waals surface area (Å²) >= 11 is 0. The van der Waals surface area contributed by atoms with Crippen LogP contribution in [-0.4, -0.2) is 21.1 Å². The first-order valence-electron chi connectivity index (χ1n) is 11.5. The molecule has 1 aliphatic rings. The zero-order chi connectivity index (χ0) is 17.3. The van der Waals surface area contributed by atoms with Crippen LogP contribution in [0.3, 0.4) is 0 Å². The largest absolute Gasteiger partial charge is 0.382 e. The number of ether oxygens (including phenoxy) is 1. The van der Waals surface area contributed by atoms with Gasteiger partial charge in [-0.1, -0.05) is 109 Å². The van der Waals surface area contributed by atoms with Crippen molar-refractivity contribution in [3.8, 4) is 0 Å². The van der Waals surface area contributed by atoms with Crippen molar-refractivity contribution in [1.29, 1.82) is 0 Å². The van der Waals surface area contributed by atoms with Crippen LogP contribution in [0.15, 0.2) is 0 Å². The van der Waals surface area contributed by atoms with Crippen molar-refractivity contribution in [2.75, 3.05) is 6.61 Å². The van der Waals surface area contributed by atoms with Crippen LogP contribution in [0, 0.1) is 0 Å². The monoisotopic (exact) mass is 354 g/mol. The molecule has 0 N–H and O–H groups in total. The second kappa shape index (κ2) is 16.6. The molecular weight excluding hydrogens is 308 g/mol. The molecule has 0 spiro atoms. The van der Waals surface area contributed by atoms with Gasteiger partial charge in [0.25, 0.3) is 0 Å². The van der Waals surface area contributed by atoms with Gasteiger partial charge in [-0.15, -0.1) is 0 Å². The molecular formula is C22H46OSi. The van der Waals surface area contributed by atoms with Crippen molar-refractivity contribution in [1.82, 2.24) is 0 Å². The van der Waals surface area contributed by atoms with E-state index in [2.05, 4.69) is 13.5 Å². The van der Waals surface area contributed by atoms with Crippen LogP contribution in [0.1, 0.15) is 116 Å². The van der Waals surface area contributed by atoms with Gasteiger partial charge >= 0.3 is 0 Å². The molecule has 0 aromatic carbocycles. The second-order valence-corrected chi connectivity index (χ2v) is 11.5. The van der Waals surface area contributed by atoms with Crippen LogP contribution in [0.5, 0.6) is 0 Å². The fourth-order valence-corrected chi connectivity index (χ4v) is 6.63. The van der Waals surface area contributed by atoms with Crippen LogP contribution < -0.4 is 0 Å². The molecule has 1 aliphatic heterocycles. The van der Waals surface area contributed by atoms with Gasteiger partial charge in [-0.25, -0.2) is 0 Å². The van der Waals surface area contributed by atoms with E-state index < -0.39 is 8.80 Å². The molecule has 2 heteroatoms. The summed E-state index contributed by atoms with van der Waals surface area (Å²) in [6.45, 7) is 5.88. The van der Waals surface area contributed by atoms with E-state index in [1.54, 1.807) is 0 Å². The van der Waals surface area contributed by atoms with E-state index in [0.717, 1.165) is 6.61 Å². The summed E-state index contributed by atoms with van der Waals surface area (Å²) in [6, 6.07) is 1.52. The zero-order valence-corrected chi connectivity index (χ0v) is 18.2. The first kappa shape index (κ1) is 22.2. The summed E-state index contributed by atoms with van der Waals surface area (Å²) in [5.41, 5.74) is 0.709. The topological polar surface area (TPSA) is 9.23 Å². The Morgan fingerprint density at radius 3 is 1.67 bits per heavy atom. The Kier molecular flexibility index (Phi) is 15.4. The second-order valence-electron chi connectivity index (χ2n) is 8.27. The first-order valence-corrected chi connectivity index (χ1v) is 14.1. The quantitative estimate of drug-likeness (QED) is 0.207. The van der Waals surface area contributed by atoms with Gasteiger partial charge in [0.2, 0.25) is 0 Å². The van der Waals surface area contributed by atoms with E-state index >= 15 is 0 Å². The average molecular weight is 355 g/mol. The van der Waals surface area contributed by atoms with Crippen molar-refractivity contribution in [3.63, 3.8) is 0 Å². The van der Waals surface area contributed by atoms with E-state index in [1.165, 1.54) is 115 Å². The molecule has 1 heterocycles. The zero-order valence-electron chi connectivity index (χ0n) is 17.0. The van der Waals surface area contributed by atoms with E-state index in [1.807, 2.05) is 0 Å². The van der Waals surface area contributed by atoms with Crippen molar-refractivity contribution in [2.24, 2.45) is 0 Å². The minimum Gasteiger partial charge on any atom is -0.382 e. The molecule has 24 heavy (non-hydrogen) atoms. The molecule has 1 saturated heterocycles. The highest BCUT2D eigenvalue weighted by Crippen LogP contribution is 2.19. The Morgan fingerprint density at radius 1 is 0.708 bits per heavy atom. The molecule has 1 fully saturated rings. The van der Waals surface area contributed by atoms with Gasteiger partial charge in [0.05, 0.1) is 8.80 Å². The van der Waals surface area contributed by atoms with E-state index in [4.69, 9.17) is 4.74 Å². The van der Waals surface area contributed by atoms with Crippen LogP contribution in [0.2, 0.25) is 12.6 Å². The minimum absolute atomic E-state index is 0.595. The van der Waals surface area contributed by atoms with Gasteiger partial charge in [-0.05, 0) is 19.3 Å². The van der Waals surface area contributed by atoms with Gasteiger partial charge in [-0.3, -0.25) is 0 Å². The normalized spacial score (nSPS) is 19.5. The predicted octanol–water partition coefficient (Wildman–Crippen LogP) is 7.43. The summed E-state index contributed by atoms with van der Waals surface area (Å²) in [5, 5.41) is 0. The van der Waals surface area contributed by atoms with Crippen molar-refractivity contribution in [3.05, 3.63) is 0 Å². The summed E-state index contributed by atoms with van der Waals surface area (Å²) < 4.78 is 5.97. The summed E-state index contributed by atoms with van der Waals surface area (Å²) in [4.78, 5) is 0. The molecule has 144 valence electrons. The lowest BCUT2D eigenvalue weighted by molar-refractivity contribution is 0.0625. The van der Waals surface area contributed by atoms with Gasteiger partial charge < -0.3 is 4.74 Å². The molecule has 0 radical (unpaired) electrons. The third-order valence-corrected chi connectivity index (χ3v) is 8.98. The molecule has 0 aromatic heterocycles. The van der Waals surface area contributed by atoms with Crippen LogP contribution in [0.25, 0.3) is 0 Å². The maximum Gasteiger partial charge on any atom is 0.0686 e. The smallest absolute Gasteiger partial charge is 0.0686 e. The fraction of sp³-hybridized carbons (Fsp3) is 1.00. The van der Waals surface area contributed by atoms with Crippen molar-refractivity contribution in [2.45, 2.75) is 134 Å². The molecule has 0 bridgehead atoms. The van der Waals surface area contributed by atoms with Crippen molar-refractivity contribution >= 4 is 8.80 Å². The van der Waals surface area contributed by atoms with Crippen LogP contribution in [-0.2, 0) is 4.74 Å². The minimum atomic E-state index is -0.595. The van der Waals surface area contributed by atoms with E-state index in [0.29, 0.717) is 5.73 Å². The highest BCUT2D eigenvalue weighted by atomic mass is 28.3. The Morgan fingerprint density at radius 2 is 1.21 bits per heavy atom. The molecule has 0 aromatic rings. The Labute approximate surface area is 154 Å². The number of hydrogen-bond donors (Lipinski definition) is 0. The van der Waals surface area contributed by atoms with Crippen LogP contribution >= 0.6 is 0 Å². The number of unbranched alkanes of at least 4 members (excludes halogenated alkanes) is 13. The maximum atomic E-state index is 5.97. The number of hydrogen-bond acceptors (Lipinski definition) is 1. The standard InChI is InChI=1S/C22H46OSi/c1-3-4-5-6-7-8-9-10-11-12-13-14-15-18-21-24(2)22-19-16-17-20-23-22/h22,24H,3-21H2,1-2H3. The molecule has 2 atom stereocenters. The first-order chi connectivity index (χ1) is 11.8. The lowest BCUT2D eigenvalue weighted by Gasteiger charge is -2.27. The van der Waals surface area contributed by atoms with Gasteiger partial charge in [0.1, 0.15) is 0 Å². The third kappa shape index (κ3) is 12.5. The molecule has 1 nitrogen and oxygen atoms in total. The fourth-order valence-electron chi connectivity index (χ4n) is 4.06. The molecule has 0 amide bonds. The lowest BCUT2D eigenvalue weighted by atomic mass is 10.0. The molecule has 2 unspecified atom stereocenters. The highest BCUT2D eigenvalue weighted by Gasteiger charge is 2.21. The summed E-state index contributed by atoms with van der Waals surface area (Å²) in [6.07, 6.45) is 24.6. The molecule has 1 rings (SSSR count). The average Bonchev–Trinajstić information content (AvgIpc) is 2.62. The lowest BCUT2D eigenvalue weighted by Crippen LogP contribution is -2.33. The van der Waals surface area contributed by atoms with E-state index in [-0.39, 0.29) is 0 Å². The Balaban J connectivity index is 1.74. The highest BCUT2D eigenvalue weighted by molar-refractivity contribution is 6.58. The molecule has 0 saturated carbocycles. The summed E-state index contributed by atoms with van der Waals surface area (Å²) in [5.74, 6) is 0. The SMILES string of the molecule is CCCCCCCCCCCCCCCC[SiH](C)C1CCCCO1. The van der Waals surface area contributed by atoms with Gasteiger partial charge in [0.15, 0.2) is 0 Å². The van der Waals surface area contributed by atoms with Gasteiger partial charge in [0, 0.05) is 12.3 Å². The van der Waals surface area contributed by atoms with Crippen molar-refractivity contribution < 1.29 is 4.74 Å². The Hall–Kier alpha value is 0.177. The third-order valence-electron chi connectivity index (χ3n) is 5.86. The number of rotatable bonds is 16.